The summed E-state index contributed by atoms with van der Waals surface area (Å²) in [5, 5.41) is 0. The van der Waals surface area contributed by atoms with Crippen molar-refractivity contribution in [1.82, 2.24) is 0 Å². The molecule has 0 atom stereocenters. The molecule has 2 rings (SSSR count). The van der Waals surface area contributed by atoms with Gasteiger partial charge < -0.3 is 4.74 Å². The summed E-state index contributed by atoms with van der Waals surface area (Å²) in [5.74, 6) is 1.76. The number of ether oxygens (including phenoxy) is 1. The lowest BCUT2D eigenvalue weighted by atomic mass is 10.2. The van der Waals surface area contributed by atoms with Crippen LogP contribution in [-0.4, -0.2) is 4.38 Å². The van der Waals surface area contributed by atoms with E-state index in [-0.39, 0.29) is 0 Å². The molecule has 2 aromatic rings. The molecular weight excluding hydrogens is 260 g/mol. The van der Waals surface area contributed by atoms with E-state index in [1.165, 1.54) is 11.1 Å². The maximum absolute atomic E-state index is 5.66. The maximum atomic E-state index is 5.66. The predicted molar refractivity (Wildman–Crippen MR) is 84.9 cm³/mol. The molecular formula is C15H16OS2. The molecule has 0 aromatic heterocycles. The third-order valence-corrected chi connectivity index (χ3v) is 3.87. The molecule has 0 saturated carbocycles. The van der Waals surface area contributed by atoms with Crippen molar-refractivity contribution in [2.24, 2.45) is 0 Å². The van der Waals surface area contributed by atoms with Crippen molar-refractivity contribution < 1.29 is 4.74 Å². The van der Waals surface area contributed by atoms with Crippen molar-refractivity contribution in [1.29, 1.82) is 0 Å². The summed E-state index contributed by atoms with van der Waals surface area (Å²) in [6.07, 6.45) is 0. The highest BCUT2D eigenvalue weighted by Crippen LogP contribution is 2.15. The molecule has 0 heterocycles. The van der Waals surface area contributed by atoms with Crippen LogP contribution in [-0.2, 0) is 5.75 Å². The number of hydrogen-bond acceptors (Lipinski definition) is 1. The molecule has 0 aliphatic carbocycles. The van der Waals surface area contributed by atoms with Crippen LogP contribution >= 0.6 is 24.0 Å². The fraction of sp³-hybridized carbons (Fsp3) is 0.133. The van der Waals surface area contributed by atoms with E-state index in [0.717, 1.165) is 27.2 Å². The van der Waals surface area contributed by atoms with Gasteiger partial charge >= 0.3 is 0 Å². The second kappa shape index (κ2) is 6.66. The first-order valence-electron chi connectivity index (χ1n) is 5.76. The molecule has 94 valence electrons. The number of thiol groups is 2. The van der Waals surface area contributed by atoms with Crippen molar-refractivity contribution in [2.75, 3.05) is 0 Å². The zero-order valence-electron chi connectivity index (χ0n) is 10.2. The second-order valence-corrected chi connectivity index (χ2v) is 5.80. The highest BCUT2D eigenvalue weighted by Gasteiger charge is 1.96. The van der Waals surface area contributed by atoms with E-state index in [9.17, 15) is 0 Å². The number of benzene rings is 2. The molecule has 0 saturated heterocycles. The summed E-state index contributed by atoms with van der Waals surface area (Å²) in [7, 11) is 0. The summed E-state index contributed by atoms with van der Waals surface area (Å²) in [6, 6.07) is 18.3. The fourth-order valence-electron chi connectivity index (χ4n) is 1.49. The predicted octanol–water partition coefficient (Wildman–Crippen LogP) is 4.06. The molecule has 3 heteroatoms. The molecule has 0 amide bonds. The molecule has 0 fully saturated rings. The van der Waals surface area contributed by atoms with Crippen molar-refractivity contribution in [2.45, 2.75) is 12.7 Å². The van der Waals surface area contributed by atoms with Crippen LogP contribution in [0.1, 0.15) is 11.1 Å². The van der Waals surface area contributed by atoms with Crippen LogP contribution in [0.5, 0.6) is 5.75 Å². The molecule has 0 aliphatic heterocycles. The lowest BCUT2D eigenvalue weighted by Gasteiger charge is -2.05. The first-order chi connectivity index (χ1) is 8.74. The van der Waals surface area contributed by atoms with Gasteiger partial charge in [0.1, 0.15) is 5.75 Å². The van der Waals surface area contributed by atoms with E-state index in [0.29, 0.717) is 0 Å². The summed E-state index contributed by atoms with van der Waals surface area (Å²) >= 11 is 5.46. The van der Waals surface area contributed by atoms with Crippen LogP contribution in [0, 0.1) is 6.92 Å². The lowest BCUT2D eigenvalue weighted by Crippen LogP contribution is -1.97. The molecule has 2 aromatic carbocycles. The summed E-state index contributed by atoms with van der Waals surface area (Å²) in [4.78, 5) is 0. The van der Waals surface area contributed by atoms with Crippen molar-refractivity contribution >= 4 is 28.4 Å². The van der Waals surface area contributed by atoms with E-state index in [2.05, 4.69) is 31.7 Å². The summed E-state index contributed by atoms with van der Waals surface area (Å²) < 4.78 is 6.38. The Hall–Kier alpha value is -1.19. The van der Waals surface area contributed by atoms with Crippen molar-refractivity contribution in [3.05, 3.63) is 65.7 Å². The minimum atomic E-state index is 0.725. The normalized spacial score (nSPS) is 11.8. The highest BCUT2D eigenvalue weighted by molar-refractivity contribution is 8.17. The van der Waals surface area contributed by atoms with E-state index in [1.54, 1.807) is 0 Å². The van der Waals surface area contributed by atoms with Gasteiger partial charge in [-0.2, -0.15) is 0 Å². The van der Waals surface area contributed by atoms with Gasteiger partial charge in [0, 0.05) is 5.75 Å². The molecule has 1 nitrogen and oxygen atoms in total. The molecule has 0 unspecified atom stereocenters. The van der Waals surface area contributed by atoms with Crippen LogP contribution in [0.2, 0.25) is 0 Å². The average Bonchev–Trinajstić information content (AvgIpc) is 2.40. The Kier molecular flexibility index (Phi) is 4.90. The van der Waals surface area contributed by atoms with E-state index in [1.807, 2.05) is 42.5 Å². The standard InChI is InChI=1S/C15H16OS2/c1-12-7-9-14(10-8-12)16-15(17)18-11-13-5-3-2-4-6-13/h2-10,17-18H,11H2,1H3. The quantitative estimate of drug-likeness (QED) is 0.635. The summed E-state index contributed by atoms with van der Waals surface area (Å²) in [6.45, 7) is 2.06. The number of hydrogen-bond donors (Lipinski definition) is 2. The van der Waals surface area contributed by atoms with Gasteiger partial charge in [-0.25, -0.2) is 0 Å². The first-order valence-corrected chi connectivity index (χ1v) is 7.28. The van der Waals surface area contributed by atoms with Gasteiger partial charge in [0.05, 0.1) is 0 Å². The summed E-state index contributed by atoms with van der Waals surface area (Å²) in [5.41, 5.74) is 2.52. The maximum Gasteiger partial charge on any atom is 0.180 e. The van der Waals surface area contributed by atoms with Gasteiger partial charge in [-0.3, -0.25) is 0 Å². The molecule has 0 radical (unpaired) electrons. The minimum absolute atomic E-state index is 0.725. The largest absolute Gasteiger partial charge is 0.445 e. The van der Waals surface area contributed by atoms with Crippen molar-refractivity contribution in [3.63, 3.8) is 0 Å². The van der Waals surface area contributed by atoms with Crippen LogP contribution in [0.4, 0.5) is 0 Å². The highest BCUT2D eigenvalue weighted by atomic mass is 32.2. The van der Waals surface area contributed by atoms with Crippen LogP contribution < -0.4 is 4.74 Å². The Morgan fingerprint density at radius 3 is 2.39 bits per heavy atom. The van der Waals surface area contributed by atoms with E-state index >= 15 is 0 Å². The number of aryl methyl sites for hydroxylation is 1. The third kappa shape index (κ3) is 4.24. The Balaban J connectivity index is 1.95. The Labute approximate surface area is 117 Å². The monoisotopic (exact) mass is 276 g/mol. The zero-order valence-corrected chi connectivity index (χ0v) is 12.0. The van der Waals surface area contributed by atoms with E-state index < -0.39 is 0 Å². The lowest BCUT2D eigenvalue weighted by molar-refractivity contribution is 0.579. The molecule has 0 N–H and O–H groups in total. The van der Waals surface area contributed by atoms with Gasteiger partial charge in [-0.15, -0.1) is 11.4 Å². The van der Waals surface area contributed by atoms with Gasteiger partial charge in [0.25, 0.3) is 0 Å². The fourth-order valence-corrected chi connectivity index (χ4v) is 2.50. The van der Waals surface area contributed by atoms with Gasteiger partial charge in [0.2, 0.25) is 0 Å². The molecule has 0 bridgehead atoms. The Morgan fingerprint density at radius 2 is 1.72 bits per heavy atom. The van der Waals surface area contributed by atoms with Crippen LogP contribution in [0.25, 0.3) is 0 Å². The third-order valence-electron chi connectivity index (χ3n) is 2.47. The smallest absolute Gasteiger partial charge is 0.180 e. The van der Waals surface area contributed by atoms with Gasteiger partial charge in [-0.05, 0) is 24.6 Å². The molecule has 18 heavy (non-hydrogen) atoms. The average molecular weight is 276 g/mol. The SMILES string of the molecule is Cc1ccc(OC(S)=[SH]Cc2ccccc2)cc1. The first kappa shape index (κ1) is 13.2. The van der Waals surface area contributed by atoms with Gasteiger partial charge in [-0.1, -0.05) is 60.7 Å². The Morgan fingerprint density at radius 1 is 1.06 bits per heavy atom. The van der Waals surface area contributed by atoms with E-state index in [4.69, 9.17) is 4.74 Å². The molecule has 0 spiro atoms. The zero-order chi connectivity index (χ0) is 12.8. The van der Waals surface area contributed by atoms with Crippen LogP contribution in [0.15, 0.2) is 54.6 Å². The number of rotatable bonds is 3. The minimum Gasteiger partial charge on any atom is -0.445 e. The molecule has 0 aliphatic rings. The van der Waals surface area contributed by atoms with Crippen molar-refractivity contribution in [3.8, 4) is 5.75 Å². The van der Waals surface area contributed by atoms with Crippen LogP contribution in [0.3, 0.4) is 0 Å². The Bertz CT molecular complexity index is 518. The second-order valence-electron chi connectivity index (χ2n) is 4.00. The topological polar surface area (TPSA) is 9.23 Å². The van der Waals surface area contributed by atoms with Gasteiger partial charge in [0.15, 0.2) is 4.38 Å².